The highest BCUT2D eigenvalue weighted by Crippen LogP contribution is 2.36. The molecule has 126 valence electrons. The summed E-state index contributed by atoms with van der Waals surface area (Å²) in [4.78, 5) is 10.6. The quantitative estimate of drug-likeness (QED) is 0.566. The maximum atomic E-state index is 10.6. The summed E-state index contributed by atoms with van der Waals surface area (Å²) in [5.41, 5.74) is 1.89. The lowest BCUT2D eigenvalue weighted by Gasteiger charge is -2.13. The number of carbonyl (C=O) groups is 1. The first kappa shape index (κ1) is 17.9. The monoisotopic (exact) mass is 346 g/mol. The molecule has 2 aromatic rings. The molecule has 0 unspecified atom stereocenters. The van der Waals surface area contributed by atoms with Crippen LogP contribution in [0.5, 0.6) is 11.5 Å². The Hall–Kier alpha value is -2.46. The first-order valence-corrected chi connectivity index (χ1v) is 7.93. The molecule has 0 aliphatic heterocycles. The number of carboxylic acid groups (broad SMARTS) is 1. The minimum Gasteiger partial charge on any atom is -0.493 e. The Bertz CT molecular complexity index is 711. The van der Waals surface area contributed by atoms with E-state index in [4.69, 9.17) is 26.2 Å². The van der Waals surface area contributed by atoms with Crippen molar-refractivity contribution in [2.24, 2.45) is 0 Å². The molecule has 0 radical (unpaired) electrons. The Morgan fingerprint density at radius 2 is 2.00 bits per heavy atom. The van der Waals surface area contributed by atoms with Crippen molar-refractivity contribution in [3.05, 3.63) is 64.7 Å². The Morgan fingerprint density at radius 3 is 2.67 bits per heavy atom. The van der Waals surface area contributed by atoms with Gasteiger partial charge in [-0.25, -0.2) is 4.79 Å². The second-order valence-electron chi connectivity index (χ2n) is 5.14. The zero-order valence-electron chi connectivity index (χ0n) is 13.4. The molecule has 0 aliphatic rings. The fourth-order valence-electron chi connectivity index (χ4n) is 2.24. The van der Waals surface area contributed by atoms with Gasteiger partial charge in [-0.2, -0.15) is 0 Å². The predicted molar refractivity (Wildman–Crippen MR) is 94.9 cm³/mol. The van der Waals surface area contributed by atoms with Gasteiger partial charge in [0.15, 0.2) is 11.5 Å². The highest BCUT2D eigenvalue weighted by Gasteiger charge is 2.11. The van der Waals surface area contributed by atoms with E-state index in [1.807, 2.05) is 18.2 Å². The van der Waals surface area contributed by atoms with Crippen molar-refractivity contribution in [3.63, 3.8) is 0 Å². The van der Waals surface area contributed by atoms with Crippen molar-refractivity contribution in [2.75, 3.05) is 13.7 Å². The van der Waals surface area contributed by atoms with Crippen molar-refractivity contribution >= 4 is 23.6 Å². The number of aliphatic carboxylic acids is 1. The number of halogens is 1. The fraction of sp³-hybridized carbons (Fsp3) is 0.211. The third-order valence-electron chi connectivity index (χ3n) is 3.37. The molecule has 0 saturated heterocycles. The predicted octanol–water partition coefficient (Wildman–Crippen LogP) is 4.46. The molecule has 24 heavy (non-hydrogen) atoms. The van der Waals surface area contributed by atoms with Crippen molar-refractivity contribution in [3.8, 4) is 11.5 Å². The van der Waals surface area contributed by atoms with E-state index in [1.54, 1.807) is 12.1 Å². The molecule has 0 aromatic heterocycles. The molecule has 0 saturated carbocycles. The van der Waals surface area contributed by atoms with E-state index in [-0.39, 0.29) is 0 Å². The van der Waals surface area contributed by atoms with Crippen LogP contribution in [0.2, 0.25) is 5.02 Å². The highest BCUT2D eigenvalue weighted by molar-refractivity contribution is 6.32. The summed E-state index contributed by atoms with van der Waals surface area (Å²) < 4.78 is 11.1. The summed E-state index contributed by atoms with van der Waals surface area (Å²) >= 11 is 6.24. The van der Waals surface area contributed by atoms with Gasteiger partial charge in [-0.05, 0) is 42.2 Å². The zero-order chi connectivity index (χ0) is 17.4. The lowest BCUT2D eigenvalue weighted by Crippen LogP contribution is -2.02. The number of carboxylic acids is 1. The number of aryl methyl sites for hydroxylation is 1. The summed E-state index contributed by atoms with van der Waals surface area (Å²) in [6, 6.07) is 13.5. The van der Waals surface area contributed by atoms with Crippen LogP contribution in [0.15, 0.2) is 48.5 Å². The second-order valence-corrected chi connectivity index (χ2v) is 5.55. The summed E-state index contributed by atoms with van der Waals surface area (Å²) in [7, 11) is 1.52. The van der Waals surface area contributed by atoms with Crippen LogP contribution in [0.1, 0.15) is 17.5 Å². The average molecular weight is 347 g/mol. The van der Waals surface area contributed by atoms with Gasteiger partial charge in [0.2, 0.25) is 0 Å². The van der Waals surface area contributed by atoms with Gasteiger partial charge < -0.3 is 14.6 Å². The molecule has 0 fully saturated rings. The molecule has 2 aromatic carbocycles. The van der Waals surface area contributed by atoms with E-state index in [9.17, 15) is 4.79 Å². The number of hydrogen-bond donors (Lipinski definition) is 1. The van der Waals surface area contributed by atoms with Crippen molar-refractivity contribution in [2.45, 2.75) is 12.8 Å². The summed E-state index contributed by atoms with van der Waals surface area (Å²) in [6.45, 7) is 0.509. The topological polar surface area (TPSA) is 55.8 Å². The minimum absolute atomic E-state index is 0.388. The number of rotatable bonds is 8. The summed E-state index contributed by atoms with van der Waals surface area (Å²) in [5, 5.41) is 9.07. The SMILES string of the molecule is COc1cc(/C=C/C(=O)O)cc(Cl)c1OCCCc1ccccc1. The Morgan fingerprint density at radius 1 is 1.25 bits per heavy atom. The lowest BCUT2D eigenvalue weighted by atomic mass is 10.1. The number of methoxy groups -OCH3 is 1. The maximum Gasteiger partial charge on any atom is 0.328 e. The Balaban J connectivity index is 2.00. The van der Waals surface area contributed by atoms with Crippen LogP contribution in [-0.4, -0.2) is 24.8 Å². The van der Waals surface area contributed by atoms with E-state index >= 15 is 0 Å². The minimum atomic E-state index is -1.02. The molecule has 0 amide bonds. The van der Waals surface area contributed by atoms with E-state index in [1.165, 1.54) is 18.7 Å². The first-order valence-electron chi connectivity index (χ1n) is 7.55. The smallest absolute Gasteiger partial charge is 0.328 e. The molecule has 0 aliphatic carbocycles. The molecule has 0 spiro atoms. The van der Waals surface area contributed by atoms with Crippen molar-refractivity contribution in [1.82, 2.24) is 0 Å². The van der Waals surface area contributed by atoms with E-state index in [2.05, 4.69) is 12.1 Å². The van der Waals surface area contributed by atoms with Gasteiger partial charge in [-0.15, -0.1) is 0 Å². The van der Waals surface area contributed by atoms with Gasteiger partial charge in [0.05, 0.1) is 18.7 Å². The fourth-order valence-corrected chi connectivity index (χ4v) is 2.51. The van der Waals surface area contributed by atoms with E-state index in [0.29, 0.717) is 28.7 Å². The zero-order valence-corrected chi connectivity index (χ0v) is 14.1. The van der Waals surface area contributed by atoms with Crippen molar-refractivity contribution in [1.29, 1.82) is 0 Å². The standard InChI is InChI=1S/C19H19ClO4/c1-23-17-13-15(9-10-18(21)22)12-16(20)19(17)24-11-5-8-14-6-3-2-4-7-14/h2-4,6-7,9-10,12-13H,5,8,11H2,1H3,(H,21,22)/b10-9+. The van der Waals surface area contributed by atoms with Crippen LogP contribution in [0.4, 0.5) is 0 Å². The van der Waals surface area contributed by atoms with Gasteiger partial charge in [0.25, 0.3) is 0 Å². The maximum absolute atomic E-state index is 10.6. The molecule has 1 N–H and O–H groups in total. The molecule has 0 heterocycles. The summed E-state index contributed by atoms with van der Waals surface area (Å²) in [5.74, 6) is -0.0710. The molecule has 4 nitrogen and oxygen atoms in total. The number of ether oxygens (including phenoxy) is 2. The van der Waals surface area contributed by atoms with Crippen LogP contribution in [0, 0.1) is 0 Å². The molecular formula is C19H19ClO4. The number of benzene rings is 2. The van der Waals surface area contributed by atoms with E-state index in [0.717, 1.165) is 18.9 Å². The van der Waals surface area contributed by atoms with Gasteiger partial charge in [0.1, 0.15) is 0 Å². The van der Waals surface area contributed by atoms with Crippen LogP contribution in [-0.2, 0) is 11.2 Å². The van der Waals surface area contributed by atoms with Gasteiger partial charge in [-0.3, -0.25) is 0 Å². The average Bonchev–Trinajstić information content (AvgIpc) is 2.58. The molecule has 0 atom stereocenters. The molecule has 5 heteroatoms. The van der Waals surface area contributed by atoms with Crippen LogP contribution >= 0.6 is 11.6 Å². The van der Waals surface area contributed by atoms with Crippen LogP contribution in [0.3, 0.4) is 0 Å². The van der Waals surface area contributed by atoms with Gasteiger partial charge in [-0.1, -0.05) is 41.9 Å². The summed E-state index contributed by atoms with van der Waals surface area (Å²) in [6.07, 6.45) is 4.27. The molecule has 0 bridgehead atoms. The molecule has 2 rings (SSSR count). The third-order valence-corrected chi connectivity index (χ3v) is 3.65. The normalized spacial score (nSPS) is 10.8. The largest absolute Gasteiger partial charge is 0.493 e. The Kier molecular flexibility index (Phi) is 6.70. The number of hydrogen-bond acceptors (Lipinski definition) is 3. The van der Waals surface area contributed by atoms with Crippen LogP contribution in [0.25, 0.3) is 6.08 Å². The molecular weight excluding hydrogens is 328 g/mol. The second kappa shape index (κ2) is 8.99. The van der Waals surface area contributed by atoms with Gasteiger partial charge in [0, 0.05) is 6.08 Å². The first-order chi connectivity index (χ1) is 11.6. The van der Waals surface area contributed by atoms with Gasteiger partial charge >= 0.3 is 5.97 Å². The highest BCUT2D eigenvalue weighted by atomic mass is 35.5. The third kappa shape index (κ3) is 5.32. The van der Waals surface area contributed by atoms with Crippen LogP contribution < -0.4 is 9.47 Å². The Labute approximate surface area is 146 Å². The lowest BCUT2D eigenvalue weighted by molar-refractivity contribution is -0.131. The van der Waals surface area contributed by atoms with E-state index < -0.39 is 5.97 Å². The van der Waals surface area contributed by atoms with Crippen molar-refractivity contribution < 1.29 is 19.4 Å².